The van der Waals surface area contributed by atoms with E-state index in [9.17, 15) is 9.59 Å². The maximum absolute atomic E-state index is 11.2. The number of nitrogens with zero attached hydrogens (tertiary/aromatic N) is 3. The maximum Gasteiger partial charge on any atom is 0.367 e. The standard InChI is InChI=1S/C6H7N3O3S/c1-9(2)5(10)3-7-8-4(13-3)6(11)12/h1-2H3,(H,11,12). The Morgan fingerprint density at radius 2 is 1.85 bits per heavy atom. The van der Waals surface area contributed by atoms with E-state index in [0.717, 1.165) is 11.3 Å². The Kier molecular flexibility index (Phi) is 2.57. The van der Waals surface area contributed by atoms with Gasteiger partial charge in [-0.15, -0.1) is 10.2 Å². The van der Waals surface area contributed by atoms with Gasteiger partial charge in [-0.05, 0) is 0 Å². The van der Waals surface area contributed by atoms with E-state index in [2.05, 4.69) is 10.2 Å². The van der Waals surface area contributed by atoms with Crippen LogP contribution in [0.15, 0.2) is 0 Å². The number of amides is 1. The number of rotatable bonds is 2. The molecule has 70 valence electrons. The number of carbonyl (C=O) groups excluding carboxylic acids is 1. The highest BCUT2D eigenvalue weighted by Gasteiger charge is 2.17. The van der Waals surface area contributed by atoms with Crippen molar-refractivity contribution in [3.63, 3.8) is 0 Å². The lowest BCUT2D eigenvalue weighted by Crippen LogP contribution is -2.21. The Hall–Kier alpha value is -1.50. The van der Waals surface area contributed by atoms with Crippen molar-refractivity contribution in [1.82, 2.24) is 15.1 Å². The SMILES string of the molecule is CN(C)C(=O)c1nnc(C(=O)O)s1. The highest BCUT2D eigenvalue weighted by molar-refractivity contribution is 7.15. The monoisotopic (exact) mass is 201 g/mol. The van der Waals surface area contributed by atoms with Crippen LogP contribution >= 0.6 is 11.3 Å². The van der Waals surface area contributed by atoms with E-state index in [1.807, 2.05) is 0 Å². The van der Waals surface area contributed by atoms with Gasteiger partial charge in [0.05, 0.1) is 0 Å². The van der Waals surface area contributed by atoms with E-state index >= 15 is 0 Å². The molecule has 0 saturated heterocycles. The lowest BCUT2D eigenvalue weighted by Gasteiger charge is -2.05. The second-order valence-corrected chi connectivity index (χ2v) is 3.39. The minimum Gasteiger partial charge on any atom is -0.476 e. The van der Waals surface area contributed by atoms with Crippen LogP contribution in [0, 0.1) is 0 Å². The second-order valence-electron chi connectivity index (χ2n) is 2.42. The van der Waals surface area contributed by atoms with Crippen LogP contribution in [0.4, 0.5) is 0 Å². The van der Waals surface area contributed by atoms with Crippen LogP contribution in [0.5, 0.6) is 0 Å². The van der Waals surface area contributed by atoms with Crippen LogP contribution < -0.4 is 0 Å². The van der Waals surface area contributed by atoms with E-state index in [1.54, 1.807) is 14.1 Å². The molecule has 0 unspecified atom stereocenters. The summed E-state index contributed by atoms with van der Waals surface area (Å²) in [5.41, 5.74) is 0. The molecule has 7 heteroatoms. The number of aromatic carboxylic acids is 1. The Balaban J connectivity index is 2.92. The molecule has 0 aliphatic carbocycles. The summed E-state index contributed by atoms with van der Waals surface area (Å²) in [6, 6.07) is 0. The third-order valence-corrected chi connectivity index (χ3v) is 2.10. The molecule has 6 nitrogen and oxygen atoms in total. The van der Waals surface area contributed by atoms with Crippen LogP contribution in [-0.4, -0.2) is 46.2 Å². The van der Waals surface area contributed by atoms with Gasteiger partial charge in [0, 0.05) is 14.1 Å². The minimum atomic E-state index is -1.17. The van der Waals surface area contributed by atoms with Crippen LogP contribution in [0.3, 0.4) is 0 Å². The number of carboxylic acid groups (broad SMARTS) is 1. The van der Waals surface area contributed by atoms with Gasteiger partial charge < -0.3 is 10.0 Å². The summed E-state index contributed by atoms with van der Waals surface area (Å²) in [6.45, 7) is 0. The number of aromatic nitrogens is 2. The van der Waals surface area contributed by atoms with E-state index < -0.39 is 5.97 Å². The summed E-state index contributed by atoms with van der Waals surface area (Å²) < 4.78 is 0. The summed E-state index contributed by atoms with van der Waals surface area (Å²) >= 11 is 0.764. The fourth-order valence-electron chi connectivity index (χ4n) is 0.587. The lowest BCUT2D eigenvalue weighted by atomic mass is 10.6. The van der Waals surface area contributed by atoms with Crippen molar-refractivity contribution < 1.29 is 14.7 Å². The topological polar surface area (TPSA) is 83.4 Å². The van der Waals surface area contributed by atoms with Crippen LogP contribution in [-0.2, 0) is 0 Å². The quantitative estimate of drug-likeness (QED) is 0.724. The summed E-state index contributed by atoms with van der Waals surface area (Å²) in [7, 11) is 3.12. The van der Waals surface area contributed by atoms with Gasteiger partial charge in [0.15, 0.2) is 0 Å². The summed E-state index contributed by atoms with van der Waals surface area (Å²) in [6.07, 6.45) is 0. The summed E-state index contributed by atoms with van der Waals surface area (Å²) in [5.74, 6) is -1.51. The molecule has 0 fully saturated rings. The molecule has 13 heavy (non-hydrogen) atoms. The van der Waals surface area contributed by atoms with Crippen molar-refractivity contribution in [1.29, 1.82) is 0 Å². The predicted octanol–water partition coefficient (Wildman–Crippen LogP) is -0.0619. The molecule has 0 bridgehead atoms. The molecular weight excluding hydrogens is 194 g/mol. The zero-order valence-corrected chi connectivity index (χ0v) is 7.83. The number of carboxylic acids is 1. The average molecular weight is 201 g/mol. The largest absolute Gasteiger partial charge is 0.476 e. The first-order valence-corrected chi connectivity index (χ1v) is 4.12. The highest BCUT2D eigenvalue weighted by atomic mass is 32.1. The zero-order valence-electron chi connectivity index (χ0n) is 7.01. The molecule has 0 radical (unpaired) electrons. The lowest BCUT2D eigenvalue weighted by molar-refractivity contribution is 0.0694. The molecule has 0 aliphatic rings. The van der Waals surface area contributed by atoms with Gasteiger partial charge in [-0.1, -0.05) is 11.3 Å². The maximum atomic E-state index is 11.2. The Morgan fingerprint density at radius 3 is 2.23 bits per heavy atom. The summed E-state index contributed by atoms with van der Waals surface area (Å²) in [4.78, 5) is 22.9. The van der Waals surface area contributed by atoms with E-state index in [4.69, 9.17) is 5.11 Å². The van der Waals surface area contributed by atoms with Gasteiger partial charge in [0.1, 0.15) is 0 Å². The van der Waals surface area contributed by atoms with Gasteiger partial charge in [0.25, 0.3) is 5.91 Å². The number of hydrogen-bond acceptors (Lipinski definition) is 5. The Labute approximate surface area is 77.8 Å². The normalized spacial score (nSPS) is 9.69. The third-order valence-electron chi connectivity index (χ3n) is 1.20. The molecule has 1 aromatic rings. The van der Waals surface area contributed by atoms with Crippen molar-refractivity contribution in [2.75, 3.05) is 14.1 Å². The highest BCUT2D eigenvalue weighted by Crippen LogP contribution is 2.10. The molecule has 1 aromatic heterocycles. The van der Waals surface area contributed by atoms with Gasteiger partial charge in [0.2, 0.25) is 10.0 Å². The molecule has 1 N–H and O–H groups in total. The summed E-state index contributed by atoms with van der Waals surface area (Å²) in [5, 5.41) is 15.2. The fourth-order valence-corrected chi connectivity index (χ4v) is 1.29. The van der Waals surface area contributed by atoms with E-state index in [1.165, 1.54) is 4.90 Å². The van der Waals surface area contributed by atoms with Gasteiger partial charge in [-0.25, -0.2) is 4.79 Å². The third kappa shape index (κ3) is 2.00. The van der Waals surface area contributed by atoms with E-state index in [-0.39, 0.29) is 15.9 Å². The number of carbonyl (C=O) groups is 2. The van der Waals surface area contributed by atoms with Gasteiger partial charge in [-0.2, -0.15) is 0 Å². The van der Waals surface area contributed by atoms with Crippen molar-refractivity contribution in [2.45, 2.75) is 0 Å². The molecule has 0 aliphatic heterocycles. The first-order valence-electron chi connectivity index (χ1n) is 3.31. The minimum absolute atomic E-state index is 0.0856. The van der Waals surface area contributed by atoms with Crippen molar-refractivity contribution in [3.05, 3.63) is 10.0 Å². The first kappa shape index (κ1) is 9.59. The fraction of sp³-hybridized carbons (Fsp3) is 0.333. The average Bonchev–Trinajstić information content (AvgIpc) is 2.50. The second kappa shape index (κ2) is 3.48. The molecular formula is C6H7N3O3S. The first-order chi connectivity index (χ1) is 6.02. The van der Waals surface area contributed by atoms with Gasteiger partial charge in [-0.3, -0.25) is 4.79 Å². The molecule has 0 aromatic carbocycles. The number of hydrogen-bond donors (Lipinski definition) is 1. The van der Waals surface area contributed by atoms with Crippen LogP contribution in [0.1, 0.15) is 19.6 Å². The zero-order chi connectivity index (χ0) is 10.0. The molecule has 1 heterocycles. The molecule has 1 rings (SSSR count). The van der Waals surface area contributed by atoms with Crippen LogP contribution in [0.25, 0.3) is 0 Å². The van der Waals surface area contributed by atoms with Crippen molar-refractivity contribution in [2.24, 2.45) is 0 Å². The van der Waals surface area contributed by atoms with Crippen molar-refractivity contribution >= 4 is 23.2 Å². The molecule has 0 atom stereocenters. The molecule has 0 spiro atoms. The Bertz CT molecular complexity index is 347. The van der Waals surface area contributed by atoms with E-state index in [0.29, 0.717) is 0 Å². The molecule has 1 amide bonds. The smallest absolute Gasteiger partial charge is 0.367 e. The predicted molar refractivity (Wildman–Crippen MR) is 44.9 cm³/mol. The Morgan fingerprint density at radius 1 is 1.31 bits per heavy atom. The van der Waals surface area contributed by atoms with Crippen molar-refractivity contribution in [3.8, 4) is 0 Å². The van der Waals surface area contributed by atoms with Crippen LogP contribution in [0.2, 0.25) is 0 Å². The molecule has 0 saturated carbocycles. The van der Waals surface area contributed by atoms with Gasteiger partial charge >= 0.3 is 5.97 Å².